The quantitative estimate of drug-likeness (QED) is 0.751. The second kappa shape index (κ2) is 5.64. The molecule has 1 aliphatic heterocycles. The van der Waals surface area contributed by atoms with Gasteiger partial charge in [-0.15, -0.1) is 0 Å². The molecule has 2 rings (SSSR count). The van der Waals surface area contributed by atoms with Gasteiger partial charge in [0, 0.05) is 19.6 Å². The maximum absolute atomic E-state index is 11.4. The lowest BCUT2D eigenvalue weighted by molar-refractivity contribution is -0.145. The van der Waals surface area contributed by atoms with Crippen LogP contribution in [0.4, 0.5) is 0 Å². The van der Waals surface area contributed by atoms with Crippen molar-refractivity contribution in [3.63, 3.8) is 0 Å². The first kappa shape index (κ1) is 11.9. The molecular formula is C12H22N2O2. The highest BCUT2D eigenvalue weighted by molar-refractivity contribution is 5.74. The molecule has 0 radical (unpaired) electrons. The van der Waals surface area contributed by atoms with Crippen molar-refractivity contribution in [2.45, 2.75) is 38.1 Å². The smallest absolute Gasteiger partial charge is 0.321 e. The monoisotopic (exact) mass is 226 g/mol. The Morgan fingerprint density at radius 3 is 2.62 bits per heavy atom. The molecule has 0 aromatic carbocycles. The summed E-state index contributed by atoms with van der Waals surface area (Å²) >= 11 is 0. The van der Waals surface area contributed by atoms with E-state index in [0.29, 0.717) is 5.92 Å². The number of nitrogens with zero attached hydrogens (tertiary/aromatic N) is 1. The Morgan fingerprint density at radius 2 is 1.94 bits per heavy atom. The van der Waals surface area contributed by atoms with Crippen LogP contribution in [-0.2, 0) is 4.79 Å². The minimum absolute atomic E-state index is 0.234. The van der Waals surface area contributed by atoms with Crippen molar-refractivity contribution in [1.82, 2.24) is 10.2 Å². The van der Waals surface area contributed by atoms with E-state index >= 15 is 0 Å². The van der Waals surface area contributed by atoms with Crippen LogP contribution in [0.3, 0.4) is 0 Å². The molecule has 0 bridgehead atoms. The van der Waals surface area contributed by atoms with Crippen LogP contribution in [-0.4, -0.2) is 48.2 Å². The summed E-state index contributed by atoms with van der Waals surface area (Å²) < 4.78 is 0. The Labute approximate surface area is 97.0 Å². The maximum atomic E-state index is 11.4. The normalized spacial score (nSPS) is 26.5. The van der Waals surface area contributed by atoms with Gasteiger partial charge in [0.1, 0.15) is 6.04 Å². The molecule has 92 valence electrons. The zero-order valence-electron chi connectivity index (χ0n) is 9.82. The Bertz CT molecular complexity index is 231. The highest BCUT2D eigenvalue weighted by Crippen LogP contribution is 2.30. The van der Waals surface area contributed by atoms with E-state index in [-0.39, 0.29) is 6.04 Å². The number of carboxylic acid groups (broad SMARTS) is 1. The Kier molecular flexibility index (Phi) is 4.18. The highest BCUT2D eigenvalue weighted by Gasteiger charge is 2.35. The fourth-order valence-corrected chi connectivity index (χ4v) is 3.07. The lowest BCUT2D eigenvalue weighted by Crippen LogP contribution is -2.47. The van der Waals surface area contributed by atoms with Gasteiger partial charge in [0.15, 0.2) is 0 Å². The Balaban J connectivity index is 2.01. The predicted octanol–water partition coefficient (Wildman–Crippen LogP) is 0.925. The molecule has 4 heteroatoms. The molecule has 0 aromatic rings. The van der Waals surface area contributed by atoms with Crippen molar-refractivity contribution < 1.29 is 9.90 Å². The van der Waals surface area contributed by atoms with Gasteiger partial charge in [-0.1, -0.05) is 12.8 Å². The minimum Gasteiger partial charge on any atom is -0.480 e. The van der Waals surface area contributed by atoms with Crippen molar-refractivity contribution >= 4 is 5.97 Å². The maximum Gasteiger partial charge on any atom is 0.321 e. The summed E-state index contributed by atoms with van der Waals surface area (Å²) in [5.41, 5.74) is 0. The summed E-state index contributed by atoms with van der Waals surface area (Å²) in [4.78, 5) is 13.6. The van der Waals surface area contributed by atoms with Gasteiger partial charge in [0.05, 0.1) is 0 Å². The molecule has 1 heterocycles. The second-order valence-corrected chi connectivity index (χ2v) is 4.97. The molecule has 0 amide bonds. The van der Waals surface area contributed by atoms with E-state index in [4.69, 9.17) is 0 Å². The molecule has 1 atom stereocenters. The number of nitrogens with one attached hydrogen (secondary N) is 1. The first-order valence-corrected chi connectivity index (χ1v) is 6.46. The van der Waals surface area contributed by atoms with Gasteiger partial charge in [-0.2, -0.15) is 0 Å². The van der Waals surface area contributed by atoms with Crippen LogP contribution in [0.1, 0.15) is 32.1 Å². The van der Waals surface area contributed by atoms with Crippen LogP contribution < -0.4 is 5.32 Å². The van der Waals surface area contributed by atoms with Gasteiger partial charge < -0.3 is 10.4 Å². The van der Waals surface area contributed by atoms with E-state index in [9.17, 15) is 9.90 Å². The third kappa shape index (κ3) is 2.74. The zero-order chi connectivity index (χ0) is 11.4. The number of hydrogen-bond acceptors (Lipinski definition) is 3. The van der Waals surface area contributed by atoms with Gasteiger partial charge >= 0.3 is 5.97 Å². The van der Waals surface area contributed by atoms with Gasteiger partial charge in [0.25, 0.3) is 0 Å². The van der Waals surface area contributed by atoms with Crippen LogP contribution >= 0.6 is 0 Å². The first-order valence-electron chi connectivity index (χ1n) is 6.46. The van der Waals surface area contributed by atoms with E-state index in [0.717, 1.165) is 45.4 Å². The molecule has 4 nitrogen and oxygen atoms in total. The third-order valence-corrected chi connectivity index (χ3v) is 3.87. The summed E-state index contributed by atoms with van der Waals surface area (Å²) in [5.74, 6) is -0.232. The molecule has 1 saturated heterocycles. The number of rotatable bonds is 3. The topological polar surface area (TPSA) is 52.6 Å². The molecular weight excluding hydrogens is 204 g/mol. The zero-order valence-corrected chi connectivity index (χ0v) is 9.82. The second-order valence-electron chi connectivity index (χ2n) is 4.97. The average Bonchev–Trinajstić information content (AvgIpc) is 2.62. The largest absolute Gasteiger partial charge is 0.480 e. The van der Waals surface area contributed by atoms with Gasteiger partial charge in [0.2, 0.25) is 0 Å². The number of carboxylic acids is 1. The van der Waals surface area contributed by atoms with Crippen molar-refractivity contribution in [3.05, 3.63) is 0 Å². The molecule has 2 aliphatic rings. The van der Waals surface area contributed by atoms with Gasteiger partial charge in [-0.3, -0.25) is 9.69 Å². The van der Waals surface area contributed by atoms with E-state index in [1.54, 1.807) is 0 Å². The van der Waals surface area contributed by atoms with E-state index < -0.39 is 5.97 Å². The summed E-state index contributed by atoms with van der Waals surface area (Å²) in [6.07, 6.45) is 5.68. The summed E-state index contributed by atoms with van der Waals surface area (Å²) in [6.45, 7) is 3.76. The van der Waals surface area contributed by atoms with Crippen molar-refractivity contribution in [3.8, 4) is 0 Å². The molecule has 2 N–H and O–H groups in total. The predicted molar refractivity (Wildman–Crippen MR) is 62.4 cm³/mol. The minimum atomic E-state index is -0.617. The van der Waals surface area contributed by atoms with Gasteiger partial charge in [-0.25, -0.2) is 0 Å². The molecule has 2 fully saturated rings. The fraction of sp³-hybridized carbons (Fsp3) is 0.917. The Morgan fingerprint density at radius 1 is 1.19 bits per heavy atom. The van der Waals surface area contributed by atoms with Crippen molar-refractivity contribution in [2.75, 3.05) is 26.2 Å². The fourth-order valence-electron chi connectivity index (χ4n) is 3.07. The molecule has 0 aromatic heterocycles. The van der Waals surface area contributed by atoms with Crippen LogP contribution in [0.5, 0.6) is 0 Å². The lowest BCUT2D eigenvalue weighted by atomic mass is 9.96. The summed E-state index contributed by atoms with van der Waals surface area (Å²) in [5, 5.41) is 12.7. The summed E-state index contributed by atoms with van der Waals surface area (Å²) in [7, 11) is 0. The lowest BCUT2D eigenvalue weighted by Gasteiger charge is -2.31. The molecule has 1 aliphatic carbocycles. The van der Waals surface area contributed by atoms with Gasteiger partial charge in [-0.05, 0) is 31.7 Å². The first-order chi connectivity index (χ1) is 7.79. The highest BCUT2D eigenvalue weighted by atomic mass is 16.4. The van der Waals surface area contributed by atoms with E-state index in [1.807, 2.05) is 0 Å². The molecule has 16 heavy (non-hydrogen) atoms. The number of aliphatic carboxylic acids is 1. The van der Waals surface area contributed by atoms with E-state index in [1.165, 1.54) is 12.8 Å². The number of hydrogen-bond donors (Lipinski definition) is 2. The van der Waals surface area contributed by atoms with Crippen LogP contribution in [0.2, 0.25) is 0 Å². The molecule has 1 unspecified atom stereocenters. The van der Waals surface area contributed by atoms with Crippen LogP contribution in [0.15, 0.2) is 0 Å². The van der Waals surface area contributed by atoms with E-state index in [2.05, 4.69) is 10.2 Å². The van der Waals surface area contributed by atoms with Crippen molar-refractivity contribution in [2.24, 2.45) is 5.92 Å². The third-order valence-electron chi connectivity index (χ3n) is 3.87. The summed E-state index contributed by atoms with van der Waals surface area (Å²) in [6, 6.07) is -0.234. The molecule has 1 saturated carbocycles. The number of carbonyl (C=O) groups is 1. The standard InChI is InChI=1S/C12H22N2O2/c15-12(16)11(10-4-1-2-5-10)14-8-3-6-13-7-9-14/h10-11,13H,1-9H2,(H,15,16). The average molecular weight is 226 g/mol. The van der Waals surface area contributed by atoms with Crippen molar-refractivity contribution in [1.29, 1.82) is 0 Å². The SMILES string of the molecule is O=C(O)C(C1CCCC1)N1CCCNCC1. The molecule has 0 spiro atoms. The Hall–Kier alpha value is -0.610. The van der Waals surface area contributed by atoms with Crippen LogP contribution in [0, 0.1) is 5.92 Å². The van der Waals surface area contributed by atoms with Crippen LogP contribution in [0.25, 0.3) is 0 Å².